The molecule has 0 fully saturated rings. The monoisotopic (exact) mass is 205 g/mol. The zero-order valence-electron chi connectivity index (χ0n) is 9.06. The summed E-state index contributed by atoms with van der Waals surface area (Å²) in [7, 11) is 3.09. The van der Waals surface area contributed by atoms with Crippen molar-refractivity contribution in [3.8, 4) is 0 Å². The molecule has 0 aliphatic heterocycles. The smallest absolute Gasteiger partial charge is 0.206 e. The van der Waals surface area contributed by atoms with E-state index in [1.807, 2.05) is 6.92 Å². The van der Waals surface area contributed by atoms with Crippen LogP contribution in [0, 0.1) is 16.0 Å². The molecule has 0 amide bonds. The highest BCUT2D eigenvalue weighted by molar-refractivity contribution is 4.59. The Labute approximate surface area is 84.5 Å². The van der Waals surface area contributed by atoms with Gasteiger partial charge in [-0.15, -0.1) is 0 Å². The maximum atomic E-state index is 10.4. The van der Waals surface area contributed by atoms with Crippen molar-refractivity contribution in [2.24, 2.45) is 5.92 Å². The van der Waals surface area contributed by atoms with E-state index in [9.17, 15) is 10.1 Å². The SMILES string of the molecule is CCC[C@H](CC(OC)OC)C[N+](=O)[O-]. The lowest BCUT2D eigenvalue weighted by atomic mass is 10.00. The molecule has 14 heavy (non-hydrogen) atoms. The second-order valence-electron chi connectivity index (χ2n) is 3.31. The highest BCUT2D eigenvalue weighted by Gasteiger charge is 2.19. The third-order valence-corrected chi connectivity index (χ3v) is 2.16. The van der Waals surface area contributed by atoms with Gasteiger partial charge in [-0.1, -0.05) is 13.3 Å². The maximum absolute atomic E-state index is 10.4. The van der Waals surface area contributed by atoms with Gasteiger partial charge in [0, 0.05) is 31.5 Å². The molecule has 0 spiro atoms. The van der Waals surface area contributed by atoms with Crippen molar-refractivity contribution in [3.63, 3.8) is 0 Å². The normalized spacial score (nSPS) is 13.1. The Morgan fingerprint density at radius 3 is 2.29 bits per heavy atom. The standard InChI is InChI=1S/C9H19NO4/c1-4-5-8(7-10(11)12)6-9(13-2)14-3/h8-9H,4-7H2,1-3H3/t8-/m1/s1. The summed E-state index contributed by atoms with van der Waals surface area (Å²) < 4.78 is 10.0. The first-order valence-corrected chi connectivity index (χ1v) is 4.81. The highest BCUT2D eigenvalue weighted by atomic mass is 16.7. The molecule has 0 aromatic rings. The first-order chi connectivity index (χ1) is 6.63. The molecule has 0 heterocycles. The molecule has 0 aromatic heterocycles. The lowest BCUT2D eigenvalue weighted by molar-refractivity contribution is -0.489. The van der Waals surface area contributed by atoms with E-state index in [0.717, 1.165) is 12.8 Å². The summed E-state index contributed by atoms with van der Waals surface area (Å²) in [5, 5.41) is 10.4. The van der Waals surface area contributed by atoms with Gasteiger partial charge in [0.1, 0.15) is 0 Å². The number of methoxy groups -OCH3 is 2. The van der Waals surface area contributed by atoms with Gasteiger partial charge in [0.15, 0.2) is 6.29 Å². The maximum Gasteiger partial charge on any atom is 0.206 e. The fourth-order valence-electron chi connectivity index (χ4n) is 1.46. The van der Waals surface area contributed by atoms with E-state index in [-0.39, 0.29) is 23.7 Å². The summed E-state index contributed by atoms with van der Waals surface area (Å²) in [5.74, 6) is 0.0416. The molecule has 0 radical (unpaired) electrons. The summed E-state index contributed by atoms with van der Waals surface area (Å²) >= 11 is 0. The molecule has 0 aliphatic rings. The predicted octanol–water partition coefficient (Wildman–Crippen LogP) is 1.69. The Hall–Kier alpha value is -0.680. The number of nitrogens with zero attached hydrogens (tertiary/aromatic N) is 1. The molecular formula is C9H19NO4. The van der Waals surface area contributed by atoms with Crippen LogP contribution in [0.25, 0.3) is 0 Å². The van der Waals surface area contributed by atoms with Gasteiger partial charge in [-0.2, -0.15) is 0 Å². The lowest BCUT2D eigenvalue weighted by Crippen LogP contribution is -2.23. The van der Waals surface area contributed by atoms with Gasteiger partial charge in [0.25, 0.3) is 0 Å². The van der Waals surface area contributed by atoms with Crippen LogP contribution >= 0.6 is 0 Å². The van der Waals surface area contributed by atoms with Crippen LogP contribution in [-0.2, 0) is 9.47 Å². The van der Waals surface area contributed by atoms with E-state index in [1.54, 1.807) is 14.2 Å². The number of nitro groups is 1. The van der Waals surface area contributed by atoms with E-state index in [0.29, 0.717) is 6.42 Å². The Kier molecular flexibility index (Phi) is 7.32. The third-order valence-electron chi connectivity index (χ3n) is 2.16. The molecular weight excluding hydrogens is 186 g/mol. The van der Waals surface area contributed by atoms with Gasteiger partial charge in [0.2, 0.25) is 6.54 Å². The van der Waals surface area contributed by atoms with Crippen LogP contribution < -0.4 is 0 Å². The number of ether oxygens (including phenoxy) is 2. The van der Waals surface area contributed by atoms with Gasteiger partial charge in [-0.25, -0.2) is 0 Å². The van der Waals surface area contributed by atoms with Crippen molar-refractivity contribution in [1.29, 1.82) is 0 Å². The number of hydrogen-bond donors (Lipinski definition) is 0. The quantitative estimate of drug-likeness (QED) is 0.343. The van der Waals surface area contributed by atoms with Crippen LogP contribution in [-0.4, -0.2) is 32.0 Å². The molecule has 0 bridgehead atoms. The molecule has 0 saturated carbocycles. The van der Waals surface area contributed by atoms with Crippen molar-refractivity contribution in [2.75, 3.05) is 20.8 Å². The number of rotatable bonds is 8. The van der Waals surface area contributed by atoms with Crippen LogP contribution in [0.2, 0.25) is 0 Å². The molecule has 0 aromatic carbocycles. The van der Waals surface area contributed by atoms with Crippen LogP contribution in [0.5, 0.6) is 0 Å². The van der Waals surface area contributed by atoms with E-state index in [2.05, 4.69) is 0 Å². The van der Waals surface area contributed by atoms with Gasteiger partial charge in [-0.3, -0.25) is 10.1 Å². The van der Waals surface area contributed by atoms with E-state index < -0.39 is 0 Å². The van der Waals surface area contributed by atoms with Crippen LogP contribution in [0.3, 0.4) is 0 Å². The molecule has 84 valence electrons. The number of hydrogen-bond acceptors (Lipinski definition) is 4. The molecule has 0 rings (SSSR count). The fourth-order valence-corrected chi connectivity index (χ4v) is 1.46. The molecule has 0 aliphatic carbocycles. The fraction of sp³-hybridized carbons (Fsp3) is 1.00. The highest BCUT2D eigenvalue weighted by Crippen LogP contribution is 2.15. The van der Waals surface area contributed by atoms with Crippen molar-refractivity contribution in [1.82, 2.24) is 0 Å². The Morgan fingerprint density at radius 1 is 1.36 bits per heavy atom. The second-order valence-corrected chi connectivity index (χ2v) is 3.31. The Balaban J connectivity index is 3.99. The average molecular weight is 205 g/mol. The van der Waals surface area contributed by atoms with Gasteiger partial charge >= 0.3 is 0 Å². The third kappa shape index (κ3) is 5.88. The van der Waals surface area contributed by atoms with Gasteiger partial charge in [0.05, 0.1) is 0 Å². The largest absolute Gasteiger partial charge is 0.356 e. The molecule has 5 heteroatoms. The van der Waals surface area contributed by atoms with Crippen LogP contribution in [0.15, 0.2) is 0 Å². The van der Waals surface area contributed by atoms with Crippen molar-refractivity contribution >= 4 is 0 Å². The Morgan fingerprint density at radius 2 is 1.93 bits per heavy atom. The molecule has 0 saturated heterocycles. The molecule has 1 atom stereocenters. The zero-order valence-corrected chi connectivity index (χ0v) is 9.06. The minimum atomic E-state index is -0.327. The summed E-state index contributed by atoms with van der Waals surface area (Å²) in [5.41, 5.74) is 0. The minimum absolute atomic E-state index is 0.00292. The molecule has 0 unspecified atom stereocenters. The molecule has 5 nitrogen and oxygen atoms in total. The van der Waals surface area contributed by atoms with E-state index >= 15 is 0 Å². The van der Waals surface area contributed by atoms with Gasteiger partial charge in [-0.05, 0) is 6.42 Å². The topological polar surface area (TPSA) is 61.6 Å². The predicted molar refractivity (Wildman–Crippen MR) is 52.7 cm³/mol. The lowest BCUT2D eigenvalue weighted by Gasteiger charge is -2.18. The molecule has 0 N–H and O–H groups in total. The Bertz CT molecular complexity index is 159. The van der Waals surface area contributed by atoms with E-state index in [1.165, 1.54) is 0 Å². The van der Waals surface area contributed by atoms with Crippen LogP contribution in [0.1, 0.15) is 26.2 Å². The van der Waals surface area contributed by atoms with Crippen molar-refractivity contribution in [3.05, 3.63) is 10.1 Å². The van der Waals surface area contributed by atoms with Crippen LogP contribution in [0.4, 0.5) is 0 Å². The van der Waals surface area contributed by atoms with Crippen molar-refractivity contribution < 1.29 is 14.4 Å². The van der Waals surface area contributed by atoms with E-state index in [4.69, 9.17) is 9.47 Å². The van der Waals surface area contributed by atoms with Gasteiger partial charge < -0.3 is 9.47 Å². The summed E-state index contributed by atoms with van der Waals surface area (Å²) in [6, 6.07) is 0. The first kappa shape index (κ1) is 13.3. The first-order valence-electron chi connectivity index (χ1n) is 4.81. The average Bonchev–Trinajstić information content (AvgIpc) is 2.13. The minimum Gasteiger partial charge on any atom is -0.356 e. The van der Waals surface area contributed by atoms with Crippen molar-refractivity contribution in [2.45, 2.75) is 32.5 Å². The summed E-state index contributed by atoms with van der Waals surface area (Å²) in [6.45, 7) is 2.01. The second kappa shape index (κ2) is 7.70. The summed E-state index contributed by atoms with van der Waals surface area (Å²) in [6.07, 6.45) is 2.04. The zero-order chi connectivity index (χ0) is 11.0. The summed E-state index contributed by atoms with van der Waals surface area (Å²) in [4.78, 5) is 10.1.